The van der Waals surface area contributed by atoms with Gasteiger partial charge in [-0.3, -0.25) is 19.7 Å². The van der Waals surface area contributed by atoms with E-state index >= 15 is 0 Å². The molecule has 0 amide bonds. The van der Waals surface area contributed by atoms with Gasteiger partial charge in [0.1, 0.15) is 30.5 Å². The molecular formula is C43H39NO8. The van der Waals surface area contributed by atoms with Crippen LogP contribution in [0.2, 0.25) is 0 Å². The summed E-state index contributed by atoms with van der Waals surface area (Å²) in [5.41, 5.74) is 3.79. The number of nitrogens with zero attached hydrogens (tertiary/aromatic N) is 1. The van der Waals surface area contributed by atoms with E-state index in [1.165, 1.54) is 20.3 Å². The maximum atomic E-state index is 14.0. The molecule has 4 atom stereocenters. The second-order valence-corrected chi connectivity index (χ2v) is 12.6. The van der Waals surface area contributed by atoms with Crippen molar-refractivity contribution in [2.75, 3.05) is 14.2 Å². The summed E-state index contributed by atoms with van der Waals surface area (Å²) in [6.07, 6.45) is 2.76. The predicted octanol–water partition coefficient (Wildman–Crippen LogP) is 8.25. The monoisotopic (exact) mass is 697 g/mol. The first kappa shape index (κ1) is 35.6. The number of carbonyl (C=O) groups is 2. The summed E-state index contributed by atoms with van der Waals surface area (Å²) in [6, 6.07) is 37.3. The molecule has 0 radical (unpaired) electrons. The number of ether oxygens (including phenoxy) is 4. The Morgan fingerprint density at radius 1 is 0.731 bits per heavy atom. The molecule has 1 unspecified atom stereocenters. The van der Waals surface area contributed by atoms with Crippen LogP contribution in [0.5, 0.6) is 23.0 Å². The van der Waals surface area contributed by atoms with Gasteiger partial charge in [0.15, 0.2) is 17.3 Å². The molecule has 0 spiro atoms. The molecule has 5 aromatic carbocycles. The van der Waals surface area contributed by atoms with Gasteiger partial charge in [0.05, 0.1) is 32.0 Å². The quantitative estimate of drug-likeness (QED) is 0.0493. The predicted molar refractivity (Wildman–Crippen MR) is 197 cm³/mol. The van der Waals surface area contributed by atoms with Gasteiger partial charge < -0.3 is 18.9 Å². The molecule has 9 heteroatoms. The molecule has 0 aliphatic heterocycles. The summed E-state index contributed by atoms with van der Waals surface area (Å²) in [4.78, 5) is 40.6. The second-order valence-electron chi connectivity index (χ2n) is 12.6. The first-order valence-corrected chi connectivity index (χ1v) is 17.0. The SMILES string of the molecule is COc1ccc([C@H]2C(C(=O)C=Cc3ccc(OCc4ccccc4)c(OC)c3)C(=O)C[C@H](c3ccc(OCc4ccccc4)cc3)[C@@H]2[N+](=O)[O-])cc1. The lowest BCUT2D eigenvalue weighted by atomic mass is 9.64. The maximum Gasteiger partial charge on any atom is 0.228 e. The fourth-order valence-electron chi connectivity index (χ4n) is 6.73. The number of benzene rings is 5. The van der Waals surface area contributed by atoms with Gasteiger partial charge in [-0.15, -0.1) is 0 Å². The van der Waals surface area contributed by atoms with Crippen molar-refractivity contribution in [3.8, 4) is 23.0 Å². The standard InChI is InChI=1S/C43H39NO8/c1-49-34-19-17-33(18-20-34)41-42(37(45)23-13-29-14-24-39(40(25-29)50-2)52-28-31-11-7-4-8-12-31)38(46)26-36(43(41)44(47)48)32-15-21-35(22-16-32)51-27-30-9-5-3-6-10-30/h3-25,36,41-43H,26-28H2,1-2H3/t36-,41+,42?,43+/m1/s1. The molecule has 6 rings (SSSR count). The summed E-state index contributed by atoms with van der Waals surface area (Å²) >= 11 is 0. The normalized spacial score (nSPS) is 18.5. The molecule has 9 nitrogen and oxygen atoms in total. The number of rotatable bonds is 14. The first-order valence-electron chi connectivity index (χ1n) is 17.0. The average Bonchev–Trinajstić information content (AvgIpc) is 3.19. The van der Waals surface area contributed by atoms with Crippen LogP contribution < -0.4 is 18.9 Å². The van der Waals surface area contributed by atoms with Gasteiger partial charge in [0.2, 0.25) is 6.04 Å². The van der Waals surface area contributed by atoms with Gasteiger partial charge in [-0.2, -0.15) is 0 Å². The van der Waals surface area contributed by atoms with Crippen molar-refractivity contribution in [1.29, 1.82) is 0 Å². The Labute approximate surface area is 302 Å². The number of nitro groups is 1. The van der Waals surface area contributed by atoms with Crippen LogP contribution in [0.4, 0.5) is 0 Å². The van der Waals surface area contributed by atoms with Gasteiger partial charge >= 0.3 is 0 Å². The van der Waals surface area contributed by atoms with E-state index in [1.807, 2.05) is 60.7 Å². The van der Waals surface area contributed by atoms with E-state index in [-0.39, 0.29) is 17.1 Å². The van der Waals surface area contributed by atoms with Gasteiger partial charge in [-0.05, 0) is 70.3 Å². The van der Waals surface area contributed by atoms with E-state index < -0.39 is 29.6 Å². The fourth-order valence-corrected chi connectivity index (χ4v) is 6.73. The van der Waals surface area contributed by atoms with Crippen molar-refractivity contribution in [2.24, 2.45) is 5.92 Å². The Morgan fingerprint density at radius 2 is 1.33 bits per heavy atom. The van der Waals surface area contributed by atoms with E-state index in [2.05, 4.69) is 0 Å². The molecule has 0 bridgehead atoms. The molecular weight excluding hydrogens is 658 g/mol. The molecule has 1 fully saturated rings. The molecule has 0 saturated heterocycles. The van der Waals surface area contributed by atoms with Crippen molar-refractivity contribution in [3.63, 3.8) is 0 Å². The molecule has 0 N–H and O–H groups in total. The van der Waals surface area contributed by atoms with E-state index in [0.717, 1.165) is 11.1 Å². The Morgan fingerprint density at radius 3 is 1.92 bits per heavy atom. The Hall–Kier alpha value is -6.22. The zero-order valence-electron chi connectivity index (χ0n) is 28.9. The third-order valence-electron chi connectivity index (χ3n) is 9.38. The minimum Gasteiger partial charge on any atom is -0.497 e. The van der Waals surface area contributed by atoms with Crippen LogP contribution in [-0.2, 0) is 22.8 Å². The lowest BCUT2D eigenvalue weighted by Gasteiger charge is -2.36. The number of methoxy groups -OCH3 is 2. The molecule has 264 valence electrons. The van der Waals surface area contributed by atoms with Crippen molar-refractivity contribution in [2.45, 2.75) is 37.5 Å². The highest BCUT2D eigenvalue weighted by molar-refractivity contribution is 6.10. The number of hydrogen-bond donors (Lipinski definition) is 0. The molecule has 1 aliphatic rings. The van der Waals surface area contributed by atoms with Crippen LogP contribution in [0.1, 0.15) is 46.1 Å². The minimum atomic E-state index is -1.26. The number of hydrogen-bond acceptors (Lipinski definition) is 8. The molecule has 52 heavy (non-hydrogen) atoms. The summed E-state index contributed by atoms with van der Waals surface area (Å²) in [5, 5.41) is 13.0. The van der Waals surface area contributed by atoms with Crippen LogP contribution >= 0.6 is 0 Å². The molecule has 5 aromatic rings. The zero-order valence-corrected chi connectivity index (χ0v) is 28.9. The summed E-state index contributed by atoms with van der Waals surface area (Å²) in [7, 11) is 3.05. The maximum absolute atomic E-state index is 14.0. The van der Waals surface area contributed by atoms with Gasteiger partial charge in [0, 0.05) is 11.3 Å². The van der Waals surface area contributed by atoms with E-state index in [0.29, 0.717) is 52.9 Å². The molecule has 1 aliphatic carbocycles. The minimum absolute atomic E-state index is 0.159. The molecule has 0 heterocycles. The van der Waals surface area contributed by atoms with Crippen LogP contribution in [0.15, 0.2) is 133 Å². The lowest BCUT2D eigenvalue weighted by molar-refractivity contribution is -0.533. The highest BCUT2D eigenvalue weighted by Crippen LogP contribution is 2.46. The summed E-state index contributed by atoms with van der Waals surface area (Å²) in [5.74, 6) is -1.76. The van der Waals surface area contributed by atoms with Crippen LogP contribution in [0.25, 0.3) is 6.08 Å². The average molecular weight is 698 g/mol. The van der Waals surface area contributed by atoms with Crippen molar-refractivity contribution >= 4 is 17.6 Å². The summed E-state index contributed by atoms with van der Waals surface area (Å²) < 4.78 is 22.8. The van der Waals surface area contributed by atoms with Gasteiger partial charge in [0.25, 0.3) is 0 Å². The molecule has 1 saturated carbocycles. The topological polar surface area (TPSA) is 114 Å². The van der Waals surface area contributed by atoms with Crippen LogP contribution in [0.3, 0.4) is 0 Å². The largest absolute Gasteiger partial charge is 0.497 e. The highest BCUT2D eigenvalue weighted by atomic mass is 16.6. The third kappa shape index (κ3) is 8.38. The third-order valence-corrected chi connectivity index (χ3v) is 9.38. The summed E-state index contributed by atoms with van der Waals surface area (Å²) in [6.45, 7) is 0.724. The molecule has 0 aromatic heterocycles. The number of ketones is 2. The number of carbonyl (C=O) groups excluding carboxylic acids is 2. The smallest absolute Gasteiger partial charge is 0.228 e. The van der Waals surface area contributed by atoms with Crippen molar-refractivity contribution < 1.29 is 33.5 Å². The zero-order chi connectivity index (χ0) is 36.5. The van der Waals surface area contributed by atoms with Crippen LogP contribution in [-0.4, -0.2) is 36.8 Å². The fraction of sp³-hybridized carbons (Fsp3) is 0.209. The first-order chi connectivity index (χ1) is 25.3. The van der Waals surface area contributed by atoms with Crippen molar-refractivity contribution in [3.05, 3.63) is 171 Å². The van der Waals surface area contributed by atoms with E-state index in [9.17, 15) is 19.7 Å². The Kier molecular flexibility index (Phi) is 11.4. The van der Waals surface area contributed by atoms with Crippen LogP contribution in [0, 0.1) is 16.0 Å². The van der Waals surface area contributed by atoms with E-state index in [4.69, 9.17) is 18.9 Å². The number of allylic oxidation sites excluding steroid dienone is 1. The van der Waals surface area contributed by atoms with Gasteiger partial charge in [-0.25, -0.2) is 0 Å². The highest BCUT2D eigenvalue weighted by Gasteiger charge is 2.54. The van der Waals surface area contributed by atoms with Gasteiger partial charge in [-0.1, -0.05) is 97.1 Å². The van der Waals surface area contributed by atoms with E-state index in [1.54, 1.807) is 72.8 Å². The number of Topliss-reactive ketones (excluding diaryl/α,β-unsaturated/α-hetero) is 1. The Balaban J connectivity index is 1.25. The Bertz CT molecular complexity index is 2010. The second kappa shape index (κ2) is 16.7. The lowest BCUT2D eigenvalue weighted by Crippen LogP contribution is -2.48. The van der Waals surface area contributed by atoms with Crippen molar-refractivity contribution in [1.82, 2.24) is 0 Å².